The Balaban J connectivity index is 2.17. The van der Waals surface area contributed by atoms with Crippen molar-refractivity contribution in [2.75, 3.05) is 0 Å². The Bertz CT molecular complexity index is 921. The number of hydrogen-bond acceptors (Lipinski definition) is 4. The van der Waals surface area contributed by atoms with Crippen molar-refractivity contribution in [2.24, 2.45) is 4.99 Å². The first-order chi connectivity index (χ1) is 12.3. The van der Waals surface area contributed by atoms with Gasteiger partial charge in [-0.3, -0.25) is 0 Å². The van der Waals surface area contributed by atoms with Gasteiger partial charge in [-0.15, -0.1) is 11.8 Å². The van der Waals surface area contributed by atoms with E-state index < -0.39 is 0 Å². The van der Waals surface area contributed by atoms with Crippen molar-refractivity contribution in [3.8, 4) is 0 Å². The summed E-state index contributed by atoms with van der Waals surface area (Å²) in [6, 6.07) is 14.2. The summed E-state index contributed by atoms with van der Waals surface area (Å²) in [5, 5.41) is 16.1. The van der Waals surface area contributed by atoms with E-state index in [1.165, 1.54) is 22.3 Å². The number of benzene rings is 2. The normalized spacial score (nSPS) is 13.0. The van der Waals surface area contributed by atoms with Crippen LogP contribution in [0.2, 0.25) is 0 Å². The van der Waals surface area contributed by atoms with Crippen molar-refractivity contribution in [1.29, 1.82) is 0 Å². The number of aliphatic hydroxyl groups is 1. The summed E-state index contributed by atoms with van der Waals surface area (Å²) < 4.78 is 0. The van der Waals surface area contributed by atoms with Crippen molar-refractivity contribution in [2.45, 2.75) is 13.0 Å². The number of allylic oxidation sites excluding steroid dienone is 2. The molecule has 0 amide bonds. The highest BCUT2D eigenvalue weighted by molar-refractivity contribution is 8.04. The third-order valence-electron chi connectivity index (χ3n) is 4.14. The summed E-state index contributed by atoms with van der Waals surface area (Å²) in [4.78, 5) is 4.02. The van der Waals surface area contributed by atoms with Crippen molar-refractivity contribution >= 4 is 40.4 Å². The lowest BCUT2D eigenvalue weighted by Gasteiger charge is -2.12. The third-order valence-corrected chi connectivity index (χ3v) is 4.71. The van der Waals surface area contributed by atoms with E-state index in [9.17, 15) is 5.11 Å². The van der Waals surface area contributed by atoms with Crippen LogP contribution in [0, 0.1) is 0 Å². The van der Waals surface area contributed by atoms with Gasteiger partial charge in [-0.1, -0.05) is 43.0 Å². The molecule has 0 unspecified atom stereocenters. The van der Waals surface area contributed by atoms with Gasteiger partial charge in [0.05, 0.1) is 17.5 Å². The molecule has 0 aromatic heterocycles. The maximum Gasteiger partial charge on any atom is 0.0743 e. The molecule has 2 aromatic carbocycles. The minimum absolute atomic E-state index is 0.0554. The molecule has 3 rings (SSSR count). The summed E-state index contributed by atoms with van der Waals surface area (Å²) in [5.41, 5.74) is 7.47. The van der Waals surface area contributed by atoms with Gasteiger partial charge in [0.25, 0.3) is 0 Å². The molecule has 0 aliphatic heterocycles. The number of thioether (sulfide) groups is 1. The number of rotatable bonds is 6. The predicted octanol–water partition coefficient (Wildman–Crippen LogP) is 5.66. The molecule has 0 saturated heterocycles. The number of aliphatic imine (C=N–C) groups is 1. The third kappa shape index (κ3) is 3.73. The zero-order valence-electron chi connectivity index (χ0n) is 13.6. The van der Waals surface area contributed by atoms with Crippen LogP contribution in [0.5, 0.6) is 0 Å². The molecular formula is C21H17NOS2. The quantitative estimate of drug-likeness (QED) is 0.531. The van der Waals surface area contributed by atoms with Crippen LogP contribution in [-0.2, 0) is 13.0 Å². The Hall–Kier alpha value is -2.23. The fourth-order valence-corrected chi connectivity index (χ4v) is 3.56. The van der Waals surface area contributed by atoms with Gasteiger partial charge in [-0.25, -0.2) is 0 Å². The number of isothiocyanates is 1. The van der Waals surface area contributed by atoms with Crippen LogP contribution in [0.15, 0.2) is 76.5 Å². The molecule has 0 bridgehead atoms. The van der Waals surface area contributed by atoms with Crippen LogP contribution in [0.25, 0.3) is 5.57 Å². The topological polar surface area (TPSA) is 32.6 Å². The lowest BCUT2D eigenvalue weighted by atomic mass is 9.93. The lowest BCUT2D eigenvalue weighted by molar-refractivity contribution is 0.281. The zero-order valence-corrected chi connectivity index (χ0v) is 15.2. The second kappa shape index (κ2) is 8.24. The number of hydrogen-bond donors (Lipinski definition) is 1. The van der Waals surface area contributed by atoms with E-state index in [4.69, 9.17) is 0 Å². The minimum atomic E-state index is -0.0554. The molecule has 0 saturated carbocycles. The first-order valence-corrected chi connectivity index (χ1v) is 9.20. The zero-order chi connectivity index (χ0) is 17.6. The standard InChI is InChI=1S/C21H17NOS2/c1-2-25-10-9-16-11-15-5-3-4-6-19(15)21(16)20-8-7-18(22-14-24)12-17(20)13-23/h2-10,12,23H,1,11,13H2/b10-9-. The smallest absolute Gasteiger partial charge is 0.0743 e. The number of nitrogens with zero attached hydrogens (tertiary/aromatic N) is 1. The summed E-state index contributed by atoms with van der Waals surface area (Å²) in [5.74, 6) is 0. The second-order valence-electron chi connectivity index (χ2n) is 5.54. The molecule has 0 heterocycles. The molecule has 0 radical (unpaired) electrons. The summed E-state index contributed by atoms with van der Waals surface area (Å²) >= 11 is 6.23. The molecular weight excluding hydrogens is 346 g/mol. The van der Waals surface area contributed by atoms with Crippen LogP contribution < -0.4 is 0 Å². The van der Waals surface area contributed by atoms with E-state index in [-0.39, 0.29) is 6.61 Å². The van der Waals surface area contributed by atoms with Gasteiger partial charge in [-0.2, -0.15) is 4.99 Å². The Morgan fingerprint density at radius 3 is 2.84 bits per heavy atom. The van der Waals surface area contributed by atoms with E-state index >= 15 is 0 Å². The van der Waals surface area contributed by atoms with E-state index in [2.05, 4.69) is 53.2 Å². The summed E-state index contributed by atoms with van der Waals surface area (Å²) in [6.45, 7) is 3.68. The molecule has 1 N–H and O–H groups in total. The van der Waals surface area contributed by atoms with Crippen LogP contribution >= 0.6 is 24.0 Å². The average Bonchev–Trinajstić information content (AvgIpc) is 3.00. The highest BCUT2D eigenvalue weighted by atomic mass is 32.2. The fraction of sp³-hybridized carbons (Fsp3) is 0.0952. The van der Waals surface area contributed by atoms with Crippen LogP contribution in [0.4, 0.5) is 5.69 Å². The minimum Gasteiger partial charge on any atom is -0.392 e. The van der Waals surface area contributed by atoms with Crippen LogP contribution in [-0.4, -0.2) is 10.3 Å². The van der Waals surface area contributed by atoms with E-state index in [1.807, 2.05) is 29.7 Å². The summed E-state index contributed by atoms with van der Waals surface area (Å²) in [6.07, 6.45) is 3.01. The Kier molecular flexibility index (Phi) is 5.79. The Labute approximate surface area is 157 Å². The molecule has 25 heavy (non-hydrogen) atoms. The van der Waals surface area contributed by atoms with Gasteiger partial charge >= 0.3 is 0 Å². The van der Waals surface area contributed by atoms with E-state index in [1.54, 1.807) is 17.2 Å². The van der Waals surface area contributed by atoms with Gasteiger partial charge < -0.3 is 5.11 Å². The van der Waals surface area contributed by atoms with Crippen LogP contribution in [0.3, 0.4) is 0 Å². The van der Waals surface area contributed by atoms with Gasteiger partial charge in [0.15, 0.2) is 0 Å². The van der Waals surface area contributed by atoms with Gasteiger partial charge in [0.1, 0.15) is 0 Å². The van der Waals surface area contributed by atoms with Gasteiger partial charge in [-0.05, 0) is 75.0 Å². The largest absolute Gasteiger partial charge is 0.392 e. The molecule has 0 fully saturated rings. The maximum absolute atomic E-state index is 9.87. The summed E-state index contributed by atoms with van der Waals surface area (Å²) in [7, 11) is 0. The van der Waals surface area contributed by atoms with E-state index in [0.717, 1.165) is 17.5 Å². The molecule has 0 spiro atoms. The second-order valence-corrected chi connectivity index (χ2v) is 6.60. The Morgan fingerprint density at radius 2 is 2.08 bits per heavy atom. The number of aliphatic hydroxyl groups excluding tert-OH is 1. The SMILES string of the molecule is C=CS/C=C\C1=C(c2ccc(N=C=S)cc2CO)c2ccccc2C1. The van der Waals surface area contributed by atoms with Crippen molar-refractivity contribution < 1.29 is 5.11 Å². The molecule has 4 heteroatoms. The molecule has 1 aliphatic rings. The van der Waals surface area contributed by atoms with Crippen LogP contribution in [0.1, 0.15) is 22.3 Å². The first-order valence-electron chi connectivity index (χ1n) is 7.85. The molecule has 2 aromatic rings. The highest BCUT2D eigenvalue weighted by Gasteiger charge is 2.22. The molecule has 2 nitrogen and oxygen atoms in total. The molecule has 1 aliphatic carbocycles. The Morgan fingerprint density at radius 1 is 1.24 bits per heavy atom. The highest BCUT2D eigenvalue weighted by Crippen LogP contribution is 2.40. The van der Waals surface area contributed by atoms with Crippen molar-refractivity contribution in [3.05, 3.63) is 93.8 Å². The molecule has 0 atom stereocenters. The van der Waals surface area contributed by atoms with Crippen molar-refractivity contribution in [3.63, 3.8) is 0 Å². The monoisotopic (exact) mass is 363 g/mol. The van der Waals surface area contributed by atoms with E-state index in [0.29, 0.717) is 5.69 Å². The van der Waals surface area contributed by atoms with Gasteiger partial charge in [0, 0.05) is 0 Å². The van der Waals surface area contributed by atoms with Crippen molar-refractivity contribution in [1.82, 2.24) is 0 Å². The first kappa shape index (κ1) is 17.6. The number of thiocarbonyl (C=S) groups is 1. The fourth-order valence-electron chi connectivity index (χ4n) is 3.10. The van der Waals surface area contributed by atoms with Gasteiger partial charge in [0.2, 0.25) is 0 Å². The number of fused-ring (bicyclic) bond motifs is 1. The molecule has 124 valence electrons. The lowest BCUT2D eigenvalue weighted by Crippen LogP contribution is -1.95. The predicted molar refractivity (Wildman–Crippen MR) is 110 cm³/mol. The maximum atomic E-state index is 9.87. The average molecular weight is 364 g/mol.